The zero-order valence-corrected chi connectivity index (χ0v) is 12.5. The van der Waals surface area contributed by atoms with Crippen LogP contribution in [0.4, 0.5) is 0 Å². The molecule has 106 valence electrons. The van der Waals surface area contributed by atoms with Gasteiger partial charge in [-0.1, -0.05) is 39.0 Å². The van der Waals surface area contributed by atoms with Gasteiger partial charge in [-0.2, -0.15) is 0 Å². The molecule has 1 aliphatic carbocycles. The van der Waals surface area contributed by atoms with E-state index >= 15 is 0 Å². The number of piperidine rings is 1. The molecule has 2 fully saturated rings. The van der Waals surface area contributed by atoms with Crippen LogP contribution in [0.15, 0.2) is 0 Å². The van der Waals surface area contributed by atoms with Crippen LogP contribution < -0.4 is 5.32 Å². The van der Waals surface area contributed by atoms with Crippen molar-refractivity contribution in [1.82, 2.24) is 10.2 Å². The molecule has 1 N–H and O–H groups in total. The highest BCUT2D eigenvalue weighted by Gasteiger charge is 2.31. The Morgan fingerprint density at radius 2 is 1.67 bits per heavy atom. The molecule has 18 heavy (non-hydrogen) atoms. The predicted octanol–water partition coefficient (Wildman–Crippen LogP) is 3.56. The van der Waals surface area contributed by atoms with E-state index in [-0.39, 0.29) is 0 Å². The largest absolute Gasteiger partial charge is 0.313 e. The molecule has 2 unspecified atom stereocenters. The lowest BCUT2D eigenvalue weighted by atomic mass is 9.92. The first-order valence-electron chi connectivity index (χ1n) is 8.32. The molecule has 1 saturated carbocycles. The summed E-state index contributed by atoms with van der Waals surface area (Å²) in [7, 11) is 0. The smallest absolute Gasteiger partial charge is 0.0249 e. The minimum absolute atomic E-state index is 0.665. The van der Waals surface area contributed by atoms with Crippen LogP contribution in [-0.4, -0.2) is 36.1 Å². The fraction of sp³-hybridized carbons (Fsp3) is 1.00. The van der Waals surface area contributed by atoms with Gasteiger partial charge in [0.2, 0.25) is 0 Å². The Labute approximate surface area is 114 Å². The fourth-order valence-electron chi connectivity index (χ4n) is 4.02. The highest BCUT2D eigenvalue weighted by Crippen LogP contribution is 2.29. The van der Waals surface area contributed by atoms with Gasteiger partial charge in [-0.15, -0.1) is 0 Å². The van der Waals surface area contributed by atoms with E-state index in [4.69, 9.17) is 0 Å². The van der Waals surface area contributed by atoms with Crippen LogP contribution in [0.1, 0.15) is 71.6 Å². The van der Waals surface area contributed by atoms with Gasteiger partial charge in [0, 0.05) is 18.1 Å². The molecule has 2 atom stereocenters. The molecular formula is C16H32N2. The average Bonchev–Trinajstić information content (AvgIpc) is 2.68. The monoisotopic (exact) mass is 252 g/mol. The standard InChI is InChI=1S/C16H32N2/c1-3-17-14(2)16-12-8-9-13-18(16)15-10-6-4-5-7-11-15/h14-17H,3-13H2,1-2H3. The van der Waals surface area contributed by atoms with E-state index < -0.39 is 0 Å². The van der Waals surface area contributed by atoms with Crippen molar-refractivity contribution in [1.29, 1.82) is 0 Å². The third-order valence-electron chi connectivity index (χ3n) is 4.99. The minimum atomic E-state index is 0.665. The molecule has 2 heteroatoms. The molecule has 1 saturated heterocycles. The Morgan fingerprint density at radius 1 is 1.00 bits per heavy atom. The third-order valence-corrected chi connectivity index (χ3v) is 4.99. The second-order valence-electron chi connectivity index (χ2n) is 6.29. The molecule has 2 nitrogen and oxygen atoms in total. The van der Waals surface area contributed by atoms with Crippen molar-refractivity contribution >= 4 is 0 Å². The van der Waals surface area contributed by atoms with Gasteiger partial charge in [-0.3, -0.25) is 4.90 Å². The number of hydrogen-bond donors (Lipinski definition) is 1. The summed E-state index contributed by atoms with van der Waals surface area (Å²) in [5.41, 5.74) is 0. The minimum Gasteiger partial charge on any atom is -0.313 e. The van der Waals surface area contributed by atoms with E-state index in [9.17, 15) is 0 Å². The summed E-state index contributed by atoms with van der Waals surface area (Å²) in [6.45, 7) is 7.08. The molecule has 0 radical (unpaired) electrons. The van der Waals surface area contributed by atoms with Gasteiger partial charge >= 0.3 is 0 Å². The van der Waals surface area contributed by atoms with Crippen molar-refractivity contribution in [2.24, 2.45) is 0 Å². The molecular weight excluding hydrogens is 220 g/mol. The maximum absolute atomic E-state index is 3.66. The lowest BCUT2D eigenvalue weighted by Gasteiger charge is -2.44. The Morgan fingerprint density at radius 3 is 2.33 bits per heavy atom. The fourth-order valence-corrected chi connectivity index (χ4v) is 4.02. The maximum Gasteiger partial charge on any atom is 0.0249 e. The molecule has 1 heterocycles. The quantitative estimate of drug-likeness (QED) is 0.770. The van der Waals surface area contributed by atoms with Crippen molar-refractivity contribution < 1.29 is 0 Å². The lowest BCUT2D eigenvalue weighted by Crippen LogP contribution is -2.54. The van der Waals surface area contributed by atoms with Gasteiger partial charge < -0.3 is 5.32 Å². The first-order chi connectivity index (χ1) is 8.83. The number of nitrogens with one attached hydrogen (secondary N) is 1. The van der Waals surface area contributed by atoms with Gasteiger partial charge in [-0.05, 0) is 45.7 Å². The van der Waals surface area contributed by atoms with Crippen molar-refractivity contribution in [3.8, 4) is 0 Å². The van der Waals surface area contributed by atoms with Crippen molar-refractivity contribution in [3.05, 3.63) is 0 Å². The highest BCUT2D eigenvalue weighted by atomic mass is 15.2. The zero-order chi connectivity index (χ0) is 12.8. The topological polar surface area (TPSA) is 15.3 Å². The number of likely N-dealkylation sites (N-methyl/N-ethyl adjacent to an activating group) is 1. The molecule has 2 aliphatic rings. The van der Waals surface area contributed by atoms with Gasteiger partial charge in [0.15, 0.2) is 0 Å². The molecule has 0 spiro atoms. The van der Waals surface area contributed by atoms with Gasteiger partial charge in [0.25, 0.3) is 0 Å². The number of likely N-dealkylation sites (tertiary alicyclic amines) is 1. The van der Waals surface area contributed by atoms with E-state index in [1.165, 1.54) is 64.3 Å². The molecule has 0 bridgehead atoms. The summed E-state index contributed by atoms with van der Waals surface area (Å²) < 4.78 is 0. The Bertz CT molecular complexity index is 221. The summed E-state index contributed by atoms with van der Waals surface area (Å²) in [5, 5.41) is 3.66. The molecule has 0 aromatic carbocycles. The summed E-state index contributed by atoms with van der Waals surface area (Å²) in [4.78, 5) is 2.88. The lowest BCUT2D eigenvalue weighted by molar-refractivity contribution is 0.0653. The van der Waals surface area contributed by atoms with Crippen molar-refractivity contribution in [3.63, 3.8) is 0 Å². The van der Waals surface area contributed by atoms with Crippen LogP contribution in [0.5, 0.6) is 0 Å². The van der Waals surface area contributed by atoms with Crippen molar-refractivity contribution in [2.75, 3.05) is 13.1 Å². The normalized spacial score (nSPS) is 30.0. The maximum atomic E-state index is 3.66. The van der Waals surface area contributed by atoms with Crippen LogP contribution in [0.25, 0.3) is 0 Å². The number of rotatable bonds is 4. The number of nitrogens with zero attached hydrogens (tertiary/aromatic N) is 1. The SMILES string of the molecule is CCNC(C)C1CCCCN1C1CCCCCC1. The van der Waals surface area contributed by atoms with E-state index in [2.05, 4.69) is 24.1 Å². The summed E-state index contributed by atoms with van der Waals surface area (Å²) in [5.74, 6) is 0. The van der Waals surface area contributed by atoms with Gasteiger partial charge in [0.1, 0.15) is 0 Å². The second kappa shape index (κ2) is 7.49. The third kappa shape index (κ3) is 3.71. The molecule has 2 rings (SSSR count). The van der Waals surface area contributed by atoms with Crippen molar-refractivity contribution in [2.45, 2.75) is 89.8 Å². The highest BCUT2D eigenvalue weighted by molar-refractivity contribution is 4.89. The van der Waals surface area contributed by atoms with Crippen LogP contribution in [0.3, 0.4) is 0 Å². The van der Waals surface area contributed by atoms with Gasteiger partial charge in [-0.25, -0.2) is 0 Å². The Kier molecular flexibility index (Phi) is 5.97. The second-order valence-corrected chi connectivity index (χ2v) is 6.29. The first-order valence-corrected chi connectivity index (χ1v) is 8.32. The molecule has 0 aromatic rings. The Balaban J connectivity index is 1.97. The Hall–Kier alpha value is -0.0800. The predicted molar refractivity (Wildman–Crippen MR) is 79.0 cm³/mol. The van der Waals surface area contributed by atoms with E-state index in [0.29, 0.717) is 6.04 Å². The van der Waals surface area contributed by atoms with Crippen LogP contribution in [0, 0.1) is 0 Å². The number of hydrogen-bond acceptors (Lipinski definition) is 2. The average molecular weight is 252 g/mol. The molecule has 0 aromatic heterocycles. The molecule has 0 amide bonds. The van der Waals surface area contributed by atoms with Crippen LogP contribution >= 0.6 is 0 Å². The van der Waals surface area contributed by atoms with E-state index in [1.807, 2.05) is 0 Å². The molecule has 1 aliphatic heterocycles. The summed E-state index contributed by atoms with van der Waals surface area (Å²) in [6.07, 6.45) is 13.0. The first kappa shape index (κ1) is 14.3. The van der Waals surface area contributed by atoms with E-state index in [1.54, 1.807) is 0 Å². The van der Waals surface area contributed by atoms with Crippen LogP contribution in [0.2, 0.25) is 0 Å². The summed E-state index contributed by atoms with van der Waals surface area (Å²) in [6, 6.07) is 2.35. The van der Waals surface area contributed by atoms with Gasteiger partial charge in [0.05, 0.1) is 0 Å². The zero-order valence-electron chi connectivity index (χ0n) is 12.5. The summed E-state index contributed by atoms with van der Waals surface area (Å²) >= 11 is 0. The van der Waals surface area contributed by atoms with E-state index in [0.717, 1.165) is 18.6 Å². The van der Waals surface area contributed by atoms with Crippen LogP contribution in [-0.2, 0) is 0 Å².